The first kappa shape index (κ1) is 23.2. The molecular formula is C29H26N4O3. The van der Waals surface area contributed by atoms with Crippen LogP contribution in [0, 0.1) is 6.92 Å². The van der Waals surface area contributed by atoms with Crippen LogP contribution in [0.4, 0.5) is 0 Å². The van der Waals surface area contributed by atoms with Gasteiger partial charge in [0, 0.05) is 17.2 Å². The summed E-state index contributed by atoms with van der Waals surface area (Å²) in [5.41, 5.74) is 3.32. The molecule has 1 aliphatic rings. The molecule has 5 rings (SSSR count). The van der Waals surface area contributed by atoms with E-state index in [1.54, 1.807) is 29.1 Å². The van der Waals surface area contributed by atoms with Crippen LogP contribution in [0.15, 0.2) is 85.2 Å². The Kier molecular flexibility index (Phi) is 6.21. The zero-order chi connectivity index (χ0) is 25.2. The Balaban J connectivity index is 1.72. The highest BCUT2D eigenvalue weighted by molar-refractivity contribution is 6.44. The summed E-state index contributed by atoms with van der Waals surface area (Å²) >= 11 is 0. The van der Waals surface area contributed by atoms with Crippen LogP contribution in [-0.2, 0) is 22.6 Å². The van der Waals surface area contributed by atoms with Gasteiger partial charge in [-0.15, -0.1) is 0 Å². The number of pyridine rings is 1. The zero-order valence-corrected chi connectivity index (χ0v) is 20.2. The highest BCUT2D eigenvalue weighted by Crippen LogP contribution is 2.37. The standard InChI is InChI=1S/C29H26N4O3/c1-3-11-23-24(28(35)33(30-23)22-15-8-5-9-16-22)25-26(31-17-10-12-20(2)18-31)29(36)32(27(25)34)19-21-13-6-4-7-14-21/h4-10,12-18H,3,11,19H2,1-2H3. The number of para-hydroxylation sites is 1. The first-order chi connectivity index (χ1) is 17.5. The minimum absolute atomic E-state index is 0.0992. The molecule has 180 valence electrons. The lowest BCUT2D eigenvalue weighted by molar-refractivity contribution is -0.577. The molecule has 0 saturated carbocycles. The van der Waals surface area contributed by atoms with Gasteiger partial charge in [-0.1, -0.05) is 61.9 Å². The molecule has 2 aromatic carbocycles. The monoisotopic (exact) mass is 478 g/mol. The average molecular weight is 479 g/mol. The summed E-state index contributed by atoms with van der Waals surface area (Å²) in [5, 5.41) is 18.4. The molecule has 3 heterocycles. The number of hydrogen-bond donors (Lipinski definition) is 0. The summed E-state index contributed by atoms with van der Waals surface area (Å²) in [4.78, 5) is 28.9. The molecule has 0 N–H and O–H groups in total. The first-order valence-corrected chi connectivity index (χ1v) is 12.0. The summed E-state index contributed by atoms with van der Waals surface area (Å²) in [7, 11) is 0. The van der Waals surface area contributed by atoms with Crippen LogP contribution in [0.5, 0.6) is 5.88 Å². The molecule has 0 spiro atoms. The van der Waals surface area contributed by atoms with Crippen molar-refractivity contribution < 1.29 is 19.3 Å². The van der Waals surface area contributed by atoms with Crippen LogP contribution in [0.3, 0.4) is 0 Å². The van der Waals surface area contributed by atoms with Crippen molar-refractivity contribution in [3.63, 3.8) is 0 Å². The van der Waals surface area contributed by atoms with E-state index < -0.39 is 17.7 Å². The van der Waals surface area contributed by atoms with Crippen molar-refractivity contribution in [2.45, 2.75) is 33.2 Å². The molecule has 0 saturated heterocycles. The van der Waals surface area contributed by atoms with Crippen LogP contribution in [0.1, 0.15) is 35.7 Å². The van der Waals surface area contributed by atoms with Crippen LogP contribution in [0.25, 0.3) is 17.0 Å². The van der Waals surface area contributed by atoms with Gasteiger partial charge in [-0.05, 0) is 43.0 Å². The minimum atomic E-state index is -0.491. The van der Waals surface area contributed by atoms with E-state index in [-0.39, 0.29) is 23.4 Å². The summed E-state index contributed by atoms with van der Waals surface area (Å²) in [5.74, 6) is -1.34. The molecule has 4 aromatic rings. The van der Waals surface area contributed by atoms with Gasteiger partial charge in [-0.2, -0.15) is 9.67 Å². The van der Waals surface area contributed by atoms with E-state index in [0.29, 0.717) is 17.8 Å². The van der Waals surface area contributed by atoms with E-state index in [1.165, 1.54) is 9.58 Å². The third-order valence-electron chi connectivity index (χ3n) is 6.19. The number of carbonyl (C=O) groups excluding carboxylic acids is 2. The molecule has 1 aliphatic heterocycles. The number of rotatable bonds is 7. The Morgan fingerprint density at radius 2 is 1.61 bits per heavy atom. The summed E-state index contributed by atoms with van der Waals surface area (Å²) < 4.78 is 2.97. The van der Waals surface area contributed by atoms with E-state index in [9.17, 15) is 14.7 Å². The molecule has 0 fully saturated rings. The quantitative estimate of drug-likeness (QED) is 0.301. The predicted molar refractivity (Wildman–Crippen MR) is 133 cm³/mol. The third kappa shape index (κ3) is 4.09. The number of benzene rings is 2. The number of aromatic nitrogens is 3. The first-order valence-electron chi connectivity index (χ1n) is 12.0. The van der Waals surface area contributed by atoms with Crippen molar-refractivity contribution in [3.05, 3.63) is 108 Å². The molecule has 0 aliphatic carbocycles. The average Bonchev–Trinajstić information content (AvgIpc) is 3.33. The molecule has 2 amide bonds. The van der Waals surface area contributed by atoms with Crippen molar-refractivity contribution in [1.29, 1.82) is 0 Å². The van der Waals surface area contributed by atoms with Crippen LogP contribution in [-0.4, -0.2) is 26.5 Å². The normalized spacial score (nSPS) is 13.7. The highest BCUT2D eigenvalue weighted by atomic mass is 16.3. The third-order valence-corrected chi connectivity index (χ3v) is 6.19. The van der Waals surface area contributed by atoms with Crippen molar-refractivity contribution in [2.24, 2.45) is 0 Å². The van der Waals surface area contributed by atoms with Gasteiger partial charge in [0.25, 0.3) is 11.6 Å². The highest BCUT2D eigenvalue weighted by Gasteiger charge is 2.46. The van der Waals surface area contributed by atoms with Crippen molar-refractivity contribution >= 4 is 23.1 Å². The SMILES string of the molecule is CCCc1nn(-c2ccccc2)c([O-])c1C1=C([n+]2cccc(C)c2)C(=O)N(Cc2ccccc2)C1=O. The molecule has 0 unspecified atom stereocenters. The lowest BCUT2D eigenvalue weighted by atomic mass is 10.0. The largest absolute Gasteiger partial charge is 0.858 e. The number of hydrogen-bond acceptors (Lipinski definition) is 4. The van der Waals surface area contributed by atoms with E-state index in [1.807, 2.05) is 74.5 Å². The molecule has 0 bridgehead atoms. The van der Waals surface area contributed by atoms with Gasteiger partial charge >= 0.3 is 5.91 Å². The second kappa shape index (κ2) is 9.62. The number of aryl methyl sites for hydroxylation is 2. The number of amides is 2. The molecule has 0 atom stereocenters. The number of nitrogens with zero attached hydrogens (tertiary/aromatic N) is 4. The maximum Gasteiger partial charge on any atom is 0.327 e. The smallest absolute Gasteiger partial charge is 0.327 e. The Labute approximate surface area is 209 Å². The van der Waals surface area contributed by atoms with E-state index >= 15 is 0 Å². The Hall–Kier alpha value is -4.52. The lowest BCUT2D eigenvalue weighted by Crippen LogP contribution is -2.39. The Morgan fingerprint density at radius 1 is 0.917 bits per heavy atom. The Morgan fingerprint density at radius 3 is 2.28 bits per heavy atom. The maximum absolute atomic E-state index is 13.9. The van der Waals surface area contributed by atoms with E-state index in [2.05, 4.69) is 5.10 Å². The van der Waals surface area contributed by atoms with Gasteiger partial charge in [-0.3, -0.25) is 14.5 Å². The topological polar surface area (TPSA) is 82.1 Å². The summed E-state index contributed by atoms with van der Waals surface area (Å²) in [6.07, 6.45) is 4.75. The fraction of sp³-hybridized carbons (Fsp3) is 0.172. The molecule has 7 heteroatoms. The lowest BCUT2D eigenvalue weighted by Gasteiger charge is -2.15. The second-order valence-corrected chi connectivity index (χ2v) is 8.82. The Bertz CT molecular complexity index is 1470. The number of imide groups is 1. The number of carbonyl (C=O) groups is 2. The summed E-state index contributed by atoms with van der Waals surface area (Å²) in [6.45, 7) is 4.01. The van der Waals surface area contributed by atoms with E-state index in [4.69, 9.17) is 0 Å². The van der Waals surface area contributed by atoms with Gasteiger partial charge in [0.15, 0.2) is 12.4 Å². The van der Waals surface area contributed by atoms with E-state index in [0.717, 1.165) is 17.5 Å². The van der Waals surface area contributed by atoms with Crippen LogP contribution < -0.4 is 9.67 Å². The molecule has 0 radical (unpaired) electrons. The summed E-state index contributed by atoms with van der Waals surface area (Å²) in [6, 6.07) is 22.2. The van der Waals surface area contributed by atoms with Crippen LogP contribution in [0.2, 0.25) is 0 Å². The van der Waals surface area contributed by atoms with Gasteiger partial charge in [0.1, 0.15) is 5.57 Å². The van der Waals surface area contributed by atoms with Gasteiger partial charge < -0.3 is 5.11 Å². The molecule has 7 nitrogen and oxygen atoms in total. The van der Waals surface area contributed by atoms with Crippen molar-refractivity contribution in [3.8, 4) is 11.6 Å². The van der Waals surface area contributed by atoms with Gasteiger partial charge in [0.2, 0.25) is 0 Å². The van der Waals surface area contributed by atoms with Gasteiger partial charge in [0.05, 0.1) is 17.9 Å². The van der Waals surface area contributed by atoms with Crippen molar-refractivity contribution in [2.75, 3.05) is 0 Å². The van der Waals surface area contributed by atoms with Gasteiger partial charge in [-0.25, -0.2) is 4.68 Å². The predicted octanol–water partition coefficient (Wildman–Crippen LogP) is 3.43. The fourth-order valence-corrected chi connectivity index (χ4v) is 4.52. The molecular weight excluding hydrogens is 452 g/mol. The fourth-order valence-electron chi connectivity index (χ4n) is 4.52. The second-order valence-electron chi connectivity index (χ2n) is 8.82. The van der Waals surface area contributed by atoms with Crippen LogP contribution >= 0.6 is 0 Å². The maximum atomic E-state index is 13.9. The molecule has 2 aromatic heterocycles. The minimum Gasteiger partial charge on any atom is -0.858 e. The molecule has 36 heavy (non-hydrogen) atoms. The zero-order valence-electron chi connectivity index (χ0n) is 20.2. The van der Waals surface area contributed by atoms with Crippen molar-refractivity contribution in [1.82, 2.24) is 14.7 Å².